The summed E-state index contributed by atoms with van der Waals surface area (Å²) in [4.78, 5) is 2.22. The highest BCUT2D eigenvalue weighted by Gasteiger charge is 2.46. The maximum atomic E-state index is 6.24. The van der Waals surface area contributed by atoms with Gasteiger partial charge in [-0.1, -0.05) is 47.1 Å². The molecule has 25 heavy (non-hydrogen) atoms. The Kier molecular flexibility index (Phi) is 3.15. The quantitative estimate of drug-likeness (QED) is 0.721. The van der Waals surface area contributed by atoms with Gasteiger partial charge in [0, 0.05) is 6.54 Å². The molecule has 3 heterocycles. The molecule has 0 radical (unpaired) electrons. The Labute approximate surface area is 146 Å². The van der Waals surface area contributed by atoms with E-state index >= 15 is 0 Å². The van der Waals surface area contributed by atoms with Crippen LogP contribution in [0.4, 0.5) is 5.95 Å². The van der Waals surface area contributed by atoms with E-state index in [9.17, 15) is 0 Å². The fourth-order valence-electron chi connectivity index (χ4n) is 3.91. The van der Waals surface area contributed by atoms with Gasteiger partial charge in [0.1, 0.15) is 5.60 Å². The molecule has 6 heteroatoms. The maximum Gasteiger partial charge on any atom is 0.250 e. The predicted molar refractivity (Wildman–Crippen MR) is 93.6 cm³/mol. The number of aryl methyl sites for hydroxylation is 1. The van der Waals surface area contributed by atoms with Gasteiger partial charge in [-0.25, -0.2) is 0 Å². The van der Waals surface area contributed by atoms with Crippen molar-refractivity contribution >= 4 is 5.95 Å². The summed E-state index contributed by atoms with van der Waals surface area (Å²) in [5.74, 6) is 0.772. The summed E-state index contributed by atoms with van der Waals surface area (Å²) in [6.07, 6.45) is 0.949. The van der Waals surface area contributed by atoms with E-state index < -0.39 is 0 Å². The lowest BCUT2D eigenvalue weighted by Crippen LogP contribution is -2.31. The first-order chi connectivity index (χ1) is 12.3. The van der Waals surface area contributed by atoms with E-state index in [1.165, 1.54) is 16.7 Å². The third-order valence-electron chi connectivity index (χ3n) is 5.26. The average molecular weight is 333 g/mol. The molecular formula is C19H19N5O. The summed E-state index contributed by atoms with van der Waals surface area (Å²) in [5.41, 5.74) is 4.56. The highest BCUT2D eigenvalue weighted by atomic mass is 16.5. The first-order valence-electron chi connectivity index (χ1n) is 8.58. The molecule has 1 spiro atoms. The Balaban J connectivity index is 1.47. The van der Waals surface area contributed by atoms with Gasteiger partial charge >= 0.3 is 0 Å². The standard InChI is InChI=1S/C19H19N5O/c1-14-6-8-16(9-7-14)24-18(20-21-22-24)23-11-10-19(13-23)17-5-3-2-4-15(17)12-25-19/h2-9H,10-13H2,1H3. The van der Waals surface area contributed by atoms with Crippen molar-refractivity contribution in [1.82, 2.24) is 20.2 Å². The molecule has 1 aromatic heterocycles. The lowest BCUT2D eigenvalue weighted by atomic mass is 9.92. The SMILES string of the molecule is Cc1ccc(-n2nnnc2N2CCC3(C2)OCc2ccccc23)cc1. The minimum Gasteiger partial charge on any atom is -0.364 e. The van der Waals surface area contributed by atoms with Crippen LogP contribution < -0.4 is 4.90 Å². The number of nitrogens with zero attached hydrogens (tertiary/aromatic N) is 5. The molecule has 1 unspecified atom stereocenters. The molecule has 126 valence electrons. The molecule has 0 aliphatic carbocycles. The molecule has 2 aliphatic rings. The highest BCUT2D eigenvalue weighted by molar-refractivity contribution is 5.46. The summed E-state index contributed by atoms with van der Waals surface area (Å²) in [6, 6.07) is 16.7. The molecule has 0 N–H and O–H groups in total. The number of aromatic nitrogens is 4. The van der Waals surface area contributed by atoms with E-state index in [0.717, 1.165) is 31.1 Å². The van der Waals surface area contributed by atoms with Crippen LogP contribution in [-0.4, -0.2) is 33.3 Å². The van der Waals surface area contributed by atoms with Crippen molar-refractivity contribution < 1.29 is 4.74 Å². The van der Waals surface area contributed by atoms with Gasteiger partial charge in [-0.2, -0.15) is 4.68 Å². The maximum absolute atomic E-state index is 6.24. The van der Waals surface area contributed by atoms with E-state index in [-0.39, 0.29) is 5.60 Å². The van der Waals surface area contributed by atoms with E-state index in [0.29, 0.717) is 6.61 Å². The van der Waals surface area contributed by atoms with Crippen molar-refractivity contribution in [3.8, 4) is 5.69 Å². The van der Waals surface area contributed by atoms with E-state index in [4.69, 9.17) is 4.74 Å². The van der Waals surface area contributed by atoms with Gasteiger partial charge in [0.25, 0.3) is 0 Å². The topological polar surface area (TPSA) is 56.1 Å². The number of tetrazole rings is 1. The van der Waals surface area contributed by atoms with E-state index in [2.05, 4.69) is 63.7 Å². The Morgan fingerprint density at radius 1 is 1.08 bits per heavy atom. The lowest BCUT2D eigenvalue weighted by Gasteiger charge is -2.24. The van der Waals surface area contributed by atoms with Crippen molar-refractivity contribution in [3.05, 3.63) is 65.2 Å². The molecule has 3 aromatic rings. The van der Waals surface area contributed by atoms with Gasteiger partial charge in [0.15, 0.2) is 0 Å². The van der Waals surface area contributed by atoms with E-state index in [1.807, 2.05) is 12.1 Å². The van der Waals surface area contributed by atoms with Gasteiger partial charge < -0.3 is 9.64 Å². The number of ether oxygens (including phenoxy) is 1. The van der Waals surface area contributed by atoms with Crippen LogP contribution in [0.1, 0.15) is 23.1 Å². The number of rotatable bonds is 2. The second kappa shape index (κ2) is 5.39. The van der Waals surface area contributed by atoms with Crippen molar-refractivity contribution in [2.45, 2.75) is 25.6 Å². The molecule has 1 saturated heterocycles. The second-order valence-corrected chi connectivity index (χ2v) is 6.84. The number of fused-ring (bicyclic) bond motifs is 2. The normalized spacial score (nSPS) is 21.9. The highest BCUT2D eigenvalue weighted by Crippen LogP contribution is 2.44. The summed E-state index contributed by atoms with van der Waals surface area (Å²) in [6.45, 7) is 4.41. The zero-order valence-electron chi connectivity index (χ0n) is 14.1. The van der Waals surface area contributed by atoms with Crippen LogP contribution in [0, 0.1) is 6.92 Å². The Hall–Kier alpha value is -2.73. The third kappa shape index (κ3) is 2.25. The number of benzene rings is 2. The minimum atomic E-state index is -0.235. The van der Waals surface area contributed by atoms with Crippen LogP contribution in [0.2, 0.25) is 0 Å². The molecule has 1 fully saturated rings. The van der Waals surface area contributed by atoms with Crippen molar-refractivity contribution in [2.24, 2.45) is 0 Å². The Morgan fingerprint density at radius 3 is 2.80 bits per heavy atom. The molecule has 0 saturated carbocycles. The monoisotopic (exact) mass is 333 g/mol. The largest absolute Gasteiger partial charge is 0.364 e. The molecule has 2 aromatic carbocycles. The van der Waals surface area contributed by atoms with Crippen LogP contribution in [0.5, 0.6) is 0 Å². The third-order valence-corrected chi connectivity index (χ3v) is 5.26. The van der Waals surface area contributed by atoms with Crippen LogP contribution in [0.15, 0.2) is 48.5 Å². The average Bonchev–Trinajstić information content (AvgIpc) is 3.36. The Morgan fingerprint density at radius 2 is 1.92 bits per heavy atom. The molecule has 1 atom stereocenters. The number of anilines is 1. The number of hydrogen-bond acceptors (Lipinski definition) is 5. The Bertz CT molecular complexity index is 920. The predicted octanol–water partition coefficient (Wildman–Crippen LogP) is 2.61. The zero-order valence-corrected chi connectivity index (χ0v) is 14.1. The van der Waals surface area contributed by atoms with Crippen LogP contribution in [-0.2, 0) is 16.9 Å². The summed E-state index contributed by atoms with van der Waals surface area (Å²) in [5, 5.41) is 12.4. The minimum absolute atomic E-state index is 0.235. The van der Waals surface area contributed by atoms with Gasteiger partial charge in [0.05, 0.1) is 18.8 Å². The first kappa shape index (κ1) is 14.6. The molecule has 0 amide bonds. The second-order valence-electron chi connectivity index (χ2n) is 6.84. The van der Waals surface area contributed by atoms with Gasteiger partial charge in [0.2, 0.25) is 5.95 Å². The number of hydrogen-bond donors (Lipinski definition) is 0. The van der Waals surface area contributed by atoms with Crippen molar-refractivity contribution in [1.29, 1.82) is 0 Å². The van der Waals surface area contributed by atoms with Crippen LogP contribution in [0.3, 0.4) is 0 Å². The molecular weight excluding hydrogens is 314 g/mol. The van der Waals surface area contributed by atoms with E-state index in [1.54, 1.807) is 4.68 Å². The first-order valence-corrected chi connectivity index (χ1v) is 8.58. The van der Waals surface area contributed by atoms with Crippen molar-refractivity contribution in [3.63, 3.8) is 0 Å². The molecule has 6 nitrogen and oxygen atoms in total. The van der Waals surface area contributed by atoms with Crippen molar-refractivity contribution in [2.75, 3.05) is 18.0 Å². The summed E-state index contributed by atoms with van der Waals surface area (Å²) >= 11 is 0. The summed E-state index contributed by atoms with van der Waals surface area (Å²) in [7, 11) is 0. The zero-order chi connectivity index (χ0) is 16.9. The molecule has 5 rings (SSSR count). The van der Waals surface area contributed by atoms with Gasteiger partial charge in [-0.3, -0.25) is 0 Å². The van der Waals surface area contributed by atoms with Crippen LogP contribution >= 0.6 is 0 Å². The molecule has 2 aliphatic heterocycles. The molecule has 0 bridgehead atoms. The fraction of sp³-hybridized carbons (Fsp3) is 0.316. The van der Waals surface area contributed by atoms with Gasteiger partial charge in [-0.05, 0) is 47.0 Å². The lowest BCUT2D eigenvalue weighted by molar-refractivity contribution is -0.0205. The summed E-state index contributed by atoms with van der Waals surface area (Å²) < 4.78 is 8.05. The smallest absolute Gasteiger partial charge is 0.250 e. The fourth-order valence-corrected chi connectivity index (χ4v) is 3.91. The van der Waals surface area contributed by atoms with Gasteiger partial charge in [-0.15, -0.1) is 0 Å². The van der Waals surface area contributed by atoms with Crippen LogP contribution in [0.25, 0.3) is 5.69 Å².